The Bertz CT molecular complexity index is 452. The first-order valence-electron chi connectivity index (χ1n) is 4.93. The van der Waals surface area contributed by atoms with Gasteiger partial charge < -0.3 is 10.2 Å². The highest BCUT2D eigenvalue weighted by Gasteiger charge is 2.24. The molecule has 1 atom stereocenters. The van der Waals surface area contributed by atoms with Gasteiger partial charge in [-0.25, -0.2) is 0 Å². The van der Waals surface area contributed by atoms with Crippen molar-refractivity contribution in [3.63, 3.8) is 0 Å². The van der Waals surface area contributed by atoms with E-state index in [4.69, 9.17) is 0 Å². The highest BCUT2D eigenvalue weighted by molar-refractivity contribution is 5.83. The van der Waals surface area contributed by atoms with Crippen LogP contribution in [0.25, 0.3) is 0 Å². The van der Waals surface area contributed by atoms with Crippen molar-refractivity contribution >= 4 is 11.6 Å². The van der Waals surface area contributed by atoms with Crippen molar-refractivity contribution in [2.75, 3.05) is 19.4 Å². The van der Waals surface area contributed by atoms with Gasteiger partial charge >= 0.3 is 0 Å². The van der Waals surface area contributed by atoms with Gasteiger partial charge in [0.1, 0.15) is 11.7 Å². The molecule has 1 amide bonds. The molecule has 1 unspecified atom stereocenters. The maximum atomic E-state index is 13.2. The van der Waals surface area contributed by atoms with Crippen LogP contribution in [0.5, 0.6) is 0 Å². The lowest BCUT2D eigenvalue weighted by Crippen LogP contribution is -2.37. The summed E-state index contributed by atoms with van der Waals surface area (Å²) in [5.74, 6) is -7.41. The standard InChI is InChI=1S/C10H11F4N3O/c1-4(10(18)17(2)3)15-7-5(11)8(13)16-9(14)6(7)12/h4H,1-3H3,(H,15,16). The highest BCUT2D eigenvalue weighted by Crippen LogP contribution is 2.22. The van der Waals surface area contributed by atoms with Crippen molar-refractivity contribution in [1.82, 2.24) is 9.88 Å². The molecule has 0 aliphatic heterocycles. The summed E-state index contributed by atoms with van der Waals surface area (Å²) in [7, 11) is 2.86. The van der Waals surface area contributed by atoms with Gasteiger partial charge in [-0.05, 0) is 6.92 Å². The molecule has 1 heterocycles. The van der Waals surface area contributed by atoms with Crippen LogP contribution in [0.15, 0.2) is 0 Å². The molecule has 0 aliphatic rings. The number of pyridine rings is 1. The molecule has 0 aromatic carbocycles. The second-order valence-electron chi connectivity index (χ2n) is 3.80. The van der Waals surface area contributed by atoms with E-state index in [1.54, 1.807) is 0 Å². The molecule has 1 N–H and O–H groups in total. The normalized spacial score (nSPS) is 12.2. The van der Waals surface area contributed by atoms with E-state index >= 15 is 0 Å². The molecule has 1 rings (SSSR count). The number of nitrogens with zero attached hydrogens (tertiary/aromatic N) is 2. The van der Waals surface area contributed by atoms with Crippen LogP contribution in [0, 0.1) is 23.5 Å². The van der Waals surface area contributed by atoms with Crippen LogP contribution in [0.3, 0.4) is 0 Å². The zero-order valence-corrected chi connectivity index (χ0v) is 9.89. The van der Waals surface area contributed by atoms with E-state index in [9.17, 15) is 22.4 Å². The monoisotopic (exact) mass is 265 g/mol. The molecule has 0 bridgehead atoms. The molecule has 0 spiro atoms. The third-order valence-corrected chi connectivity index (χ3v) is 2.17. The zero-order valence-electron chi connectivity index (χ0n) is 9.89. The van der Waals surface area contributed by atoms with Gasteiger partial charge in [0.05, 0.1) is 0 Å². The fourth-order valence-corrected chi connectivity index (χ4v) is 1.28. The van der Waals surface area contributed by atoms with Crippen LogP contribution >= 0.6 is 0 Å². The number of hydrogen-bond donors (Lipinski definition) is 1. The van der Waals surface area contributed by atoms with Crippen LogP contribution in [0.2, 0.25) is 0 Å². The summed E-state index contributed by atoms with van der Waals surface area (Å²) in [5.41, 5.74) is -1.05. The molecule has 8 heteroatoms. The highest BCUT2D eigenvalue weighted by atomic mass is 19.2. The first-order valence-corrected chi connectivity index (χ1v) is 4.93. The molecule has 0 saturated carbocycles. The Morgan fingerprint density at radius 1 is 1.17 bits per heavy atom. The summed E-state index contributed by atoms with van der Waals surface area (Å²) in [6, 6.07) is -1.05. The Hall–Kier alpha value is -1.86. The minimum absolute atomic E-state index is 0.508. The maximum Gasteiger partial charge on any atom is 0.253 e. The molecule has 0 saturated heterocycles. The molecule has 100 valence electrons. The number of amides is 1. The Morgan fingerprint density at radius 2 is 1.61 bits per heavy atom. The van der Waals surface area contributed by atoms with E-state index in [1.165, 1.54) is 25.9 Å². The summed E-state index contributed by atoms with van der Waals surface area (Å²) in [5, 5.41) is 2.08. The molecule has 0 radical (unpaired) electrons. The lowest BCUT2D eigenvalue weighted by Gasteiger charge is -2.19. The molecule has 0 aliphatic carbocycles. The van der Waals surface area contributed by atoms with Crippen molar-refractivity contribution in [1.29, 1.82) is 0 Å². The molecule has 18 heavy (non-hydrogen) atoms. The number of anilines is 1. The third kappa shape index (κ3) is 2.69. The first-order chi connectivity index (χ1) is 8.25. The van der Waals surface area contributed by atoms with Gasteiger partial charge in [0.2, 0.25) is 17.5 Å². The van der Waals surface area contributed by atoms with Crippen LogP contribution in [0.4, 0.5) is 23.2 Å². The molecule has 0 fully saturated rings. The lowest BCUT2D eigenvalue weighted by molar-refractivity contribution is -0.129. The van der Waals surface area contributed by atoms with Crippen molar-refractivity contribution < 1.29 is 22.4 Å². The second-order valence-corrected chi connectivity index (χ2v) is 3.80. The molecular formula is C10H11F4N3O. The number of rotatable bonds is 3. The quantitative estimate of drug-likeness (QED) is 0.666. The van der Waals surface area contributed by atoms with E-state index in [1.807, 2.05) is 0 Å². The number of hydrogen-bond acceptors (Lipinski definition) is 3. The predicted molar refractivity (Wildman–Crippen MR) is 55.8 cm³/mol. The third-order valence-electron chi connectivity index (χ3n) is 2.17. The van der Waals surface area contributed by atoms with E-state index < -0.39 is 41.2 Å². The van der Waals surface area contributed by atoms with E-state index in [0.717, 1.165) is 0 Å². The predicted octanol–water partition coefficient (Wildman–Crippen LogP) is 1.53. The zero-order chi connectivity index (χ0) is 14.0. The fourth-order valence-electron chi connectivity index (χ4n) is 1.28. The van der Waals surface area contributed by atoms with Gasteiger partial charge in [-0.15, -0.1) is 0 Å². The number of carbonyl (C=O) groups excluding carboxylic acids is 1. The summed E-state index contributed by atoms with van der Waals surface area (Å²) in [6.45, 7) is 1.30. The van der Waals surface area contributed by atoms with Crippen LogP contribution in [-0.4, -0.2) is 35.9 Å². The summed E-state index contributed by atoms with van der Waals surface area (Å²) < 4.78 is 52.1. The Kier molecular flexibility index (Phi) is 4.10. The van der Waals surface area contributed by atoms with Crippen molar-refractivity contribution in [3.8, 4) is 0 Å². The van der Waals surface area contributed by atoms with E-state index in [2.05, 4.69) is 10.3 Å². The number of halogens is 4. The van der Waals surface area contributed by atoms with Gasteiger partial charge in [0.25, 0.3) is 11.9 Å². The fraction of sp³-hybridized carbons (Fsp3) is 0.400. The minimum Gasteiger partial charge on any atom is -0.369 e. The SMILES string of the molecule is CC(Nc1c(F)c(F)nc(F)c1F)C(=O)N(C)C. The number of likely N-dealkylation sites (N-methyl/N-ethyl adjacent to an activating group) is 1. The topological polar surface area (TPSA) is 45.2 Å². The average molecular weight is 265 g/mol. The van der Waals surface area contributed by atoms with Gasteiger partial charge in [0, 0.05) is 14.1 Å². The van der Waals surface area contributed by atoms with Gasteiger partial charge in [-0.3, -0.25) is 4.79 Å². The molecule has 1 aromatic heterocycles. The minimum atomic E-state index is -1.78. The first kappa shape index (κ1) is 14.2. The summed E-state index contributed by atoms with van der Waals surface area (Å²) in [6.07, 6.45) is 0. The molecular weight excluding hydrogens is 254 g/mol. The van der Waals surface area contributed by atoms with Crippen molar-refractivity contribution in [2.45, 2.75) is 13.0 Å². The van der Waals surface area contributed by atoms with E-state index in [-0.39, 0.29) is 0 Å². The van der Waals surface area contributed by atoms with Crippen LogP contribution in [-0.2, 0) is 4.79 Å². The Labute approximate surface area is 101 Å². The number of aromatic nitrogens is 1. The molecule has 1 aromatic rings. The van der Waals surface area contributed by atoms with Gasteiger partial charge in [-0.2, -0.15) is 22.5 Å². The lowest BCUT2D eigenvalue weighted by atomic mass is 10.2. The van der Waals surface area contributed by atoms with Gasteiger partial charge in [0.15, 0.2) is 0 Å². The average Bonchev–Trinajstić information content (AvgIpc) is 2.30. The number of nitrogens with one attached hydrogen (secondary N) is 1. The maximum absolute atomic E-state index is 13.2. The Morgan fingerprint density at radius 3 is 2.00 bits per heavy atom. The van der Waals surface area contributed by atoms with Crippen LogP contribution < -0.4 is 5.32 Å². The smallest absolute Gasteiger partial charge is 0.253 e. The summed E-state index contributed by atoms with van der Waals surface area (Å²) >= 11 is 0. The van der Waals surface area contributed by atoms with Gasteiger partial charge in [-0.1, -0.05) is 0 Å². The van der Waals surface area contributed by atoms with E-state index in [0.29, 0.717) is 0 Å². The largest absolute Gasteiger partial charge is 0.369 e. The van der Waals surface area contributed by atoms with Crippen molar-refractivity contribution in [2.24, 2.45) is 0 Å². The summed E-state index contributed by atoms with van der Waals surface area (Å²) in [4.78, 5) is 15.0. The number of carbonyl (C=O) groups is 1. The molecule has 4 nitrogen and oxygen atoms in total. The van der Waals surface area contributed by atoms with Crippen LogP contribution in [0.1, 0.15) is 6.92 Å². The Balaban J connectivity index is 3.08. The van der Waals surface area contributed by atoms with Crippen molar-refractivity contribution in [3.05, 3.63) is 23.5 Å². The second kappa shape index (κ2) is 5.19.